The summed E-state index contributed by atoms with van der Waals surface area (Å²) >= 11 is 0. The third-order valence-electron chi connectivity index (χ3n) is 1.95. The van der Waals surface area contributed by atoms with Gasteiger partial charge < -0.3 is 9.47 Å². The maximum Gasteiger partial charge on any atom is 0.161 e. The molecule has 0 spiro atoms. The number of hydrogen-bond acceptors (Lipinski definition) is 3. The van der Waals surface area contributed by atoms with Crippen LogP contribution < -0.4 is 9.47 Å². The normalized spacial score (nSPS) is 9.80. The van der Waals surface area contributed by atoms with E-state index in [9.17, 15) is 4.79 Å². The van der Waals surface area contributed by atoms with Crippen LogP contribution in [0.1, 0.15) is 31.1 Å². The molecule has 1 rings (SSSR count). The highest BCUT2D eigenvalue weighted by Gasteiger charge is 2.07. The highest BCUT2D eigenvalue weighted by molar-refractivity contribution is 5.94. The quantitative estimate of drug-likeness (QED) is 0.698. The predicted octanol–water partition coefficient (Wildman–Crippen LogP) is 2.69. The number of ketones is 1. The number of carbonyl (C=O) groups excluding carboxylic acids is 1. The van der Waals surface area contributed by atoms with Crippen molar-refractivity contribution < 1.29 is 14.3 Å². The molecule has 0 N–H and O–H groups in total. The predicted molar refractivity (Wildman–Crippen MR) is 58.8 cm³/mol. The van der Waals surface area contributed by atoms with Gasteiger partial charge in [0.1, 0.15) is 0 Å². The zero-order chi connectivity index (χ0) is 11.3. The van der Waals surface area contributed by atoms with Crippen molar-refractivity contribution in [3.05, 3.63) is 23.8 Å². The molecule has 3 heteroatoms. The molecule has 0 radical (unpaired) electrons. The van der Waals surface area contributed by atoms with E-state index in [1.54, 1.807) is 18.2 Å². The van der Waals surface area contributed by atoms with Crippen LogP contribution in [0.4, 0.5) is 0 Å². The van der Waals surface area contributed by atoms with Gasteiger partial charge in [0.15, 0.2) is 17.3 Å². The molecular formula is C12H16O3. The van der Waals surface area contributed by atoms with Crippen LogP contribution in [0.15, 0.2) is 18.2 Å². The summed E-state index contributed by atoms with van der Waals surface area (Å²) < 4.78 is 10.8. The van der Waals surface area contributed by atoms with E-state index in [-0.39, 0.29) is 5.78 Å². The second-order valence-corrected chi connectivity index (χ2v) is 3.08. The molecule has 0 bridgehead atoms. The maximum absolute atomic E-state index is 11.2. The van der Waals surface area contributed by atoms with Crippen molar-refractivity contribution in [2.24, 2.45) is 0 Å². The maximum atomic E-state index is 11.2. The fraction of sp³-hybridized carbons (Fsp3) is 0.417. The van der Waals surface area contributed by atoms with Gasteiger partial charge in [-0.1, -0.05) is 0 Å². The first-order valence-corrected chi connectivity index (χ1v) is 5.09. The van der Waals surface area contributed by atoms with Gasteiger partial charge in [-0.2, -0.15) is 0 Å². The molecule has 15 heavy (non-hydrogen) atoms. The van der Waals surface area contributed by atoms with Gasteiger partial charge in [0, 0.05) is 5.56 Å². The third-order valence-corrected chi connectivity index (χ3v) is 1.95. The van der Waals surface area contributed by atoms with Gasteiger partial charge in [0.25, 0.3) is 0 Å². The van der Waals surface area contributed by atoms with Crippen LogP contribution in [0.5, 0.6) is 11.5 Å². The standard InChI is InChI=1S/C12H16O3/c1-4-14-11-7-6-10(9(3)13)8-12(11)15-5-2/h6-8H,4-5H2,1-3H3. The minimum absolute atomic E-state index is 0.0269. The van der Waals surface area contributed by atoms with Crippen molar-refractivity contribution in [1.82, 2.24) is 0 Å². The van der Waals surface area contributed by atoms with E-state index in [0.717, 1.165) is 0 Å². The van der Waals surface area contributed by atoms with E-state index < -0.39 is 0 Å². The number of hydrogen-bond donors (Lipinski definition) is 0. The van der Waals surface area contributed by atoms with Crippen molar-refractivity contribution in [2.75, 3.05) is 13.2 Å². The molecule has 0 aromatic heterocycles. The lowest BCUT2D eigenvalue weighted by Gasteiger charge is -2.11. The zero-order valence-electron chi connectivity index (χ0n) is 9.37. The average molecular weight is 208 g/mol. The monoisotopic (exact) mass is 208 g/mol. The van der Waals surface area contributed by atoms with Crippen LogP contribution in [-0.2, 0) is 0 Å². The van der Waals surface area contributed by atoms with Crippen LogP contribution in [0, 0.1) is 0 Å². The van der Waals surface area contributed by atoms with Crippen LogP contribution in [0.25, 0.3) is 0 Å². The van der Waals surface area contributed by atoms with E-state index in [4.69, 9.17) is 9.47 Å². The van der Waals surface area contributed by atoms with Crippen molar-refractivity contribution >= 4 is 5.78 Å². The summed E-state index contributed by atoms with van der Waals surface area (Å²) in [7, 11) is 0. The topological polar surface area (TPSA) is 35.5 Å². The van der Waals surface area contributed by atoms with Crippen molar-refractivity contribution in [1.29, 1.82) is 0 Å². The number of carbonyl (C=O) groups is 1. The molecule has 0 unspecified atom stereocenters. The van der Waals surface area contributed by atoms with E-state index in [1.807, 2.05) is 13.8 Å². The van der Waals surface area contributed by atoms with Crippen LogP contribution in [0.3, 0.4) is 0 Å². The van der Waals surface area contributed by atoms with Crippen molar-refractivity contribution in [2.45, 2.75) is 20.8 Å². The summed E-state index contributed by atoms with van der Waals surface area (Å²) in [5.74, 6) is 1.34. The summed E-state index contributed by atoms with van der Waals surface area (Å²) in [6.07, 6.45) is 0. The SMILES string of the molecule is CCOc1ccc(C(C)=O)cc1OCC. The van der Waals surface area contributed by atoms with Gasteiger partial charge in [0.2, 0.25) is 0 Å². The summed E-state index contributed by atoms with van der Waals surface area (Å²) in [4.78, 5) is 11.2. The van der Waals surface area contributed by atoms with Gasteiger partial charge in [0.05, 0.1) is 13.2 Å². The molecule has 0 saturated heterocycles. The lowest BCUT2D eigenvalue weighted by Crippen LogP contribution is -2.00. The van der Waals surface area contributed by atoms with Gasteiger partial charge in [-0.05, 0) is 39.0 Å². The summed E-state index contributed by atoms with van der Waals surface area (Å²) in [6, 6.07) is 5.23. The van der Waals surface area contributed by atoms with Gasteiger partial charge in [-0.15, -0.1) is 0 Å². The van der Waals surface area contributed by atoms with Crippen LogP contribution in [0.2, 0.25) is 0 Å². The second kappa shape index (κ2) is 5.39. The highest BCUT2D eigenvalue weighted by atomic mass is 16.5. The Morgan fingerprint density at radius 1 is 1.13 bits per heavy atom. The average Bonchev–Trinajstić information content (AvgIpc) is 2.21. The van der Waals surface area contributed by atoms with E-state index in [1.165, 1.54) is 6.92 Å². The molecule has 0 aliphatic heterocycles. The Morgan fingerprint density at radius 3 is 2.27 bits per heavy atom. The Labute approximate surface area is 90.0 Å². The van der Waals surface area contributed by atoms with E-state index in [0.29, 0.717) is 30.3 Å². The van der Waals surface area contributed by atoms with E-state index in [2.05, 4.69) is 0 Å². The first-order chi connectivity index (χ1) is 7.19. The summed E-state index contributed by atoms with van der Waals surface area (Å²) in [6.45, 7) is 6.48. The molecule has 0 aliphatic rings. The van der Waals surface area contributed by atoms with Gasteiger partial charge in [-0.25, -0.2) is 0 Å². The van der Waals surface area contributed by atoms with Crippen molar-refractivity contribution in [3.63, 3.8) is 0 Å². The van der Waals surface area contributed by atoms with Gasteiger partial charge >= 0.3 is 0 Å². The number of Topliss-reactive ketones (excluding diaryl/α,β-unsaturated/α-hetero) is 1. The Morgan fingerprint density at radius 2 is 1.73 bits per heavy atom. The Kier molecular flexibility index (Phi) is 4.16. The minimum Gasteiger partial charge on any atom is -0.490 e. The lowest BCUT2D eigenvalue weighted by molar-refractivity contribution is 0.101. The number of rotatable bonds is 5. The van der Waals surface area contributed by atoms with Crippen LogP contribution in [-0.4, -0.2) is 19.0 Å². The fourth-order valence-electron chi connectivity index (χ4n) is 1.27. The summed E-state index contributed by atoms with van der Waals surface area (Å²) in [5.41, 5.74) is 0.641. The Balaban J connectivity index is 3.02. The lowest BCUT2D eigenvalue weighted by atomic mass is 10.1. The molecule has 0 atom stereocenters. The molecular weight excluding hydrogens is 192 g/mol. The molecule has 0 saturated carbocycles. The Hall–Kier alpha value is -1.51. The molecule has 0 heterocycles. The first-order valence-electron chi connectivity index (χ1n) is 5.09. The zero-order valence-corrected chi connectivity index (χ0v) is 9.37. The number of ether oxygens (including phenoxy) is 2. The third kappa shape index (κ3) is 2.98. The molecule has 1 aromatic rings. The number of benzene rings is 1. The minimum atomic E-state index is 0.0269. The molecule has 82 valence electrons. The largest absolute Gasteiger partial charge is 0.490 e. The molecule has 0 amide bonds. The molecule has 3 nitrogen and oxygen atoms in total. The highest BCUT2D eigenvalue weighted by Crippen LogP contribution is 2.28. The Bertz CT molecular complexity index is 345. The smallest absolute Gasteiger partial charge is 0.161 e. The molecule has 0 aliphatic carbocycles. The molecule has 1 aromatic carbocycles. The molecule has 0 fully saturated rings. The van der Waals surface area contributed by atoms with Crippen LogP contribution >= 0.6 is 0 Å². The van der Waals surface area contributed by atoms with Gasteiger partial charge in [-0.3, -0.25) is 4.79 Å². The van der Waals surface area contributed by atoms with Crippen molar-refractivity contribution in [3.8, 4) is 11.5 Å². The van der Waals surface area contributed by atoms with E-state index >= 15 is 0 Å². The first kappa shape index (κ1) is 11.6. The summed E-state index contributed by atoms with van der Waals surface area (Å²) in [5, 5.41) is 0. The fourth-order valence-corrected chi connectivity index (χ4v) is 1.27. The second-order valence-electron chi connectivity index (χ2n) is 3.08.